The molecule has 0 spiro atoms. The van der Waals surface area contributed by atoms with E-state index in [4.69, 9.17) is 0 Å². The third-order valence-electron chi connectivity index (χ3n) is 4.54. The van der Waals surface area contributed by atoms with Gasteiger partial charge in [0.2, 0.25) is 0 Å². The maximum absolute atomic E-state index is 11.3. The first-order valence-electron chi connectivity index (χ1n) is 7.36. The molecule has 0 saturated carbocycles. The van der Waals surface area contributed by atoms with Gasteiger partial charge in [0.25, 0.3) is 0 Å². The average molecular weight is 312 g/mol. The molecule has 1 aromatic rings. The molecule has 1 saturated heterocycles. The van der Waals surface area contributed by atoms with Crippen LogP contribution in [-0.4, -0.2) is 20.3 Å². The zero-order chi connectivity index (χ0) is 15.1. The number of benzene rings is 1. The Hall–Kier alpha value is -2.14. The summed E-state index contributed by atoms with van der Waals surface area (Å²) < 4.78 is 22.5. The van der Waals surface area contributed by atoms with Gasteiger partial charge in [0.05, 0.1) is 10.9 Å². The smallest absolute Gasteiger partial charge is 0.168 e. The quantitative estimate of drug-likeness (QED) is 0.823. The molecule has 5 heteroatoms. The molecule has 1 fully saturated rings. The molecule has 1 aromatic carbocycles. The summed E-state index contributed by atoms with van der Waals surface area (Å²) in [5.74, 6) is 1.69. The highest BCUT2D eigenvalue weighted by Crippen LogP contribution is 2.42. The molecule has 3 atom stereocenters. The average Bonchev–Trinajstić information content (AvgIpc) is 2.93. The summed E-state index contributed by atoms with van der Waals surface area (Å²) in [6, 6.07) is 7.42. The van der Waals surface area contributed by atoms with Gasteiger partial charge in [0, 0.05) is 18.0 Å². The van der Waals surface area contributed by atoms with Gasteiger partial charge in [0.15, 0.2) is 10.7 Å². The molecule has 4 nitrogen and oxygen atoms in total. The van der Waals surface area contributed by atoms with Crippen molar-refractivity contribution in [3.8, 4) is 0 Å². The molecule has 0 amide bonds. The molecule has 0 bridgehead atoms. The predicted octanol–water partition coefficient (Wildman–Crippen LogP) is 2.13. The molecule has 2 aliphatic heterocycles. The Labute approximate surface area is 130 Å². The Morgan fingerprint density at radius 3 is 3.05 bits per heavy atom. The van der Waals surface area contributed by atoms with Crippen LogP contribution >= 0.6 is 0 Å². The van der Waals surface area contributed by atoms with Crippen LogP contribution in [0, 0.1) is 11.8 Å². The molecule has 2 heterocycles. The van der Waals surface area contributed by atoms with Gasteiger partial charge < -0.3 is 5.32 Å². The number of amidine groups is 1. The number of nitrogens with zero attached hydrogens (tertiary/aromatic N) is 1. The van der Waals surface area contributed by atoms with E-state index < -0.39 is 10.7 Å². The van der Waals surface area contributed by atoms with Crippen molar-refractivity contribution in [1.29, 1.82) is 0 Å². The topological polar surface area (TPSA) is 58.5 Å². The molecular weight excluding hydrogens is 296 g/mol. The van der Waals surface area contributed by atoms with Gasteiger partial charge in [-0.25, -0.2) is 13.4 Å². The fraction of sp³-hybridized carbons (Fsp3) is 0.235. The molecule has 3 aliphatic rings. The van der Waals surface area contributed by atoms with Crippen LogP contribution in [0.5, 0.6) is 0 Å². The second kappa shape index (κ2) is 5.25. The lowest BCUT2D eigenvalue weighted by Crippen LogP contribution is -2.28. The van der Waals surface area contributed by atoms with Gasteiger partial charge in [-0.05, 0) is 29.7 Å². The van der Waals surface area contributed by atoms with E-state index in [-0.39, 0.29) is 6.04 Å². The fourth-order valence-corrected chi connectivity index (χ4v) is 4.03. The van der Waals surface area contributed by atoms with Crippen molar-refractivity contribution in [1.82, 2.24) is 5.32 Å². The lowest BCUT2D eigenvalue weighted by Gasteiger charge is -2.27. The van der Waals surface area contributed by atoms with Crippen molar-refractivity contribution in [3.63, 3.8) is 0 Å². The van der Waals surface area contributed by atoms with Crippen LogP contribution in [0.4, 0.5) is 0 Å². The van der Waals surface area contributed by atoms with Crippen molar-refractivity contribution >= 4 is 22.1 Å². The fourth-order valence-electron chi connectivity index (χ4n) is 3.58. The summed E-state index contributed by atoms with van der Waals surface area (Å²) in [6.07, 6.45) is 11.2. The maximum atomic E-state index is 11.3. The van der Waals surface area contributed by atoms with Crippen LogP contribution in [0.25, 0.3) is 5.57 Å². The van der Waals surface area contributed by atoms with Gasteiger partial charge in [-0.1, -0.05) is 36.4 Å². The maximum Gasteiger partial charge on any atom is 0.168 e. The lowest BCUT2D eigenvalue weighted by molar-refractivity contribution is 0.514. The number of aliphatic imine (C=N–C) groups is 1. The number of thiol groups is 1. The van der Waals surface area contributed by atoms with E-state index in [0.29, 0.717) is 16.7 Å². The summed E-state index contributed by atoms with van der Waals surface area (Å²) in [5, 5.41) is 3.48. The summed E-state index contributed by atoms with van der Waals surface area (Å²) in [6.45, 7) is 0. The van der Waals surface area contributed by atoms with Crippen molar-refractivity contribution in [3.05, 3.63) is 60.3 Å². The minimum atomic E-state index is -2.56. The molecule has 112 valence electrons. The highest BCUT2D eigenvalue weighted by atomic mass is 32.2. The number of hydrogen-bond acceptors (Lipinski definition) is 4. The van der Waals surface area contributed by atoms with Crippen LogP contribution in [0.1, 0.15) is 12.0 Å². The van der Waals surface area contributed by atoms with Gasteiger partial charge in [-0.3, -0.25) is 0 Å². The third kappa shape index (κ3) is 2.13. The van der Waals surface area contributed by atoms with E-state index in [1.54, 1.807) is 12.1 Å². The third-order valence-corrected chi connectivity index (χ3v) is 5.24. The van der Waals surface area contributed by atoms with E-state index in [0.717, 1.165) is 17.8 Å². The standard InChI is InChI=1S/C17H16N2O2S/c20-22(21)12-5-1-4-11(10-12)13-6-2-8-15-16(13)14-7-3-9-18-17(14)19-15/h1-6,8-10,14-16,22H,7H2,(H,18,19). The van der Waals surface area contributed by atoms with Crippen molar-refractivity contribution in [2.45, 2.75) is 17.4 Å². The Kier molecular flexibility index (Phi) is 3.22. The number of rotatable bonds is 2. The van der Waals surface area contributed by atoms with Crippen LogP contribution in [0.15, 0.2) is 64.7 Å². The second-order valence-corrected chi connectivity index (χ2v) is 6.78. The Morgan fingerprint density at radius 2 is 2.18 bits per heavy atom. The van der Waals surface area contributed by atoms with Crippen LogP contribution < -0.4 is 5.32 Å². The van der Waals surface area contributed by atoms with Gasteiger partial charge in [-0.15, -0.1) is 0 Å². The highest BCUT2D eigenvalue weighted by molar-refractivity contribution is 7.72. The zero-order valence-electron chi connectivity index (χ0n) is 11.8. The molecule has 22 heavy (non-hydrogen) atoms. The van der Waals surface area contributed by atoms with E-state index in [1.807, 2.05) is 24.4 Å². The van der Waals surface area contributed by atoms with Crippen molar-refractivity contribution in [2.75, 3.05) is 0 Å². The number of hydrogen-bond donors (Lipinski definition) is 2. The van der Waals surface area contributed by atoms with E-state index in [1.165, 1.54) is 5.57 Å². The summed E-state index contributed by atoms with van der Waals surface area (Å²) in [4.78, 5) is 4.82. The molecule has 0 radical (unpaired) electrons. The molecule has 1 N–H and O–H groups in total. The number of nitrogens with one attached hydrogen (secondary N) is 1. The first-order valence-corrected chi connectivity index (χ1v) is 8.54. The summed E-state index contributed by atoms with van der Waals surface area (Å²) in [7, 11) is -2.56. The van der Waals surface area contributed by atoms with Crippen molar-refractivity contribution in [2.24, 2.45) is 16.8 Å². The van der Waals surface area contributed by atoms with Gasteiger partial charge >= 0.3 is 0 Å². The first-order chi connectivity index (χ1) is 10.7. The molecular formula is C17H16N2O2S. The van der Waals surface area contributed by atoms with Crippen LogP contribution in [0.2, 0.25) is 0 Å². The molecule has 4 rings (SSSR count). The predicted molar refractivity (Wildman–Crippen MR) is 87.2 cm³/mol. The second-order valence-electron chi connectivity index (χ2n) is 5.75. The molecule has 3 unspecified atom stereocenters. The molecule has 0 aromatic heterocycles. The van der Waals surface area contributed by atoms with Crippen molar-refractivity contribution < 1.29 is 8.42 Å². The summed E-state index contributed by atoms with van der Waals surface area (Å²) in [5.41, 5.74) is 2.16. The molecule has 1 aliphatic carbocycles. The largest absolute Gasteiger partial charge is 0.366 e. The Bertz CT molecular complexity index is 810. The van der Waals surface area contributed by atoms with Gasteiger partial charge in [-0.2, -0.15) is 0 Å². The monoisotopic (exact) mass is 312 g/mol. The van der Waals surface area contributed by atoms with Crippen LogP contribution in [0.3, 0.4) is 0 Å². The Morgan fingerprint density at radius 1 is 1.27 bits per heavy atom. The Balaban J connectivity index is 1.77. The normalized spacial score (nSPS) is 28.7. The van der Waals surface area contributed by atoms with E-state index in [9.17, 15) is 8.42 Å². The van der Waals surface area contributed by atoms with E-state index in [2.05, 4.69) is 28.5 Å². The van der Waals surface area contributed by atoms with Gasteiger partial charge in [0.1, 0.15) is 5.84 Å². The number of allylic oxidation sites excluding steroid dienone is 3. The minimum absolute atomic E-state index is 0.230. The van der Waals surface area contributed by atoms with E-state index >= 15 is 0 Å². The lowest BCUT2D eigenvalue weighted by atomic mass is 9.76. The van der Waals surface area contributed by atoms with Crippen LogP contribution in [-0.2, 0) is 10.7 Å². The zero-order valence-corrected chi connectivity index (χ0v) is 12.7. The number of fused-ring (bicyclic) bond motifs is 3. The minimum Gasteiger partial charge on any atom is -0.366 e. The first kappa shape index (κ1) is 13.5. The SMILES string of the molecule is O=[SH](=O)c1cccc(C2=CC=CC3NC4=NC=CCC4C23)c1. The summed E-state index contributed by atoms with van der Waals surface area (Å²) >= 11 is 0. The highest BCUT2D eigenvalue weighted by Gasteiger charge is 2.42.